The highest BCUT2D eigenvalue weighted by Crippen LogP contribution is 2.09. The maximum absolute atomic E-state index is 11.8. The first-order valence-electron chi connectivity index (χ1n) is 2.46. The molecule has 0 aromatic carbocycles. The Morgan fingerprint density at radius 2 is 2.50 bits per heavy atom. The molecule has 2 nitrogen and oxygen atoms in total. The highest BCUT2D eigenvalue weighted by molar-refractivity contribution is 5.22. The molecule has 0 unspecified atom stereocenters. The lowest BCUT2D eigenvalue weighted by Crippen LogP contribution is -2.02. The number of nitrogens with zero attached hydrogens (tertiary/aromatic N) is 2. The Morgan fingerprint density at radius 1 is 1.80 bits per heavy atom. The lowest BCUT2D eigenvalue weighted by Gasteiger charge is -1.98. The molecule has 51 valence electrons. The molecule has 0 aliphatic rings. The first-order chi connectivity index (χ1) is 4.75. The van der Waals surface area contributed by atoms with Crippen LogP contribution in [-0.4, -0.2) is 9.78 Å². The van der Waals surface area contributed by atoms with Crippen molar-refractivity contribution < 1.29 is 8.78 Å². The van der Waals surface area contributed by atoms with Crippen LogP contribution in [-0.2, 0) is 0 Å². The monoisotopic (exact) mass is 141 g/mol. The van der Waals surface area contributed by atoms with Crippen molar-refractivity contribution >= 4 is 0 Å². The third kappa shape index (κ3) is 0.982. The zero-order valence-corrected chi connectivity index (χ0v) is 4.88. The van der Waals surface area contributed by atoms with Crippen LogP contribution in [0.4, 0.5) is 8.78 Å². The summed E-state index contributed by atoms with van der Waals surface area (Å²) in [5, 5.41) is 3.19. The van der Waals surface area contributed by atoms with Gasteiger partial charge in [-0.1, -0.05) is 5.92 Å². The Bertz CT molecular complexity index is 259. The zero-order valence-electron chi connectivity index (χ0n) is 4.88. The zero-order chi connectivity index (χ0) is 7.56. The second-order valence-electron chi connectivity index (χ2n) is 1.53. The average Bonchev–Trinajstić information content (AvgIpc) is 2.33. The van der Waals surface area contributed by atoms with Gasteiger partial charge in [0.25, 0.3) is 0 Å². The van der Waals surface area contributed by atoms with Gasteiger partial charge >= 0.3 is 6.55 Å². The maximum atomic E-state index is 11.8. The molecule has 0 N–H and O–H groups in total. The van der Waals surface area contributed by atoms with E-state index in [-0.39, 0.29) is 5.69 Å². The summed E-state index contributed by atoms with van der Waals surface area (Å²) in [7, 11) is 0. The summed E-state index contributed by atoms with van der Waals surface area (Å²) in [6.07, 6.45) is 7.09. The Hall–Kier alpha value is -1.37. The second-order valence-corrected chi connectivity index (χ2v) is 1.53. The van der Waals surface area contributed by atoms with Crippen molar-refractivity contribution in [2.75, 3.05) is 0 Å². The van der Waals surface area contributed by atoms with Crippen LogP contribution in [0.1, 0.15) is 12.2 Å². The van der Waals surface area contributed by atoms with Gasteiger partial charge in [0.2, 0.25) is 0 Å². The van der Waals surface area contributed by atoms with Crippen molar-refractivity contribution in [3.63, 3.8) is 0 Å². The van der Waals surface area contributed by atoms with E-state index in [2.05, 4.69) is 11.3 Å². The molecule has 0 atom stereocenters. The van der Waals surface area contributed by atoms with Crippen molar-refractivity contribution in [2.45, 2.75) is 6.55 Å². The first-order valence-corrected chi connectivity index (χ1v) is 2.46. The number of terminal acetylenes is 1. The van der Waals surface area contributed by atoms with Crippen molar-refractivity contribution in [3.8, 4) is 12.3 Å². The van der Waals surface area contributed by atoms with Crippen molar-refractivity contribution in [1.82, 2.24) is 9.78 Å². The molecule has 1 heterocycles. The van der Waals surface area contributed by atoms with E-state index in [9.17, 15) is 8.78 Å². The number of alkyl halides is 2. The molecule has 10 heavy (non-hydrogen) atoms. The molecule has 0 amide bonds. The highest BCUT2D eigenvalue weighted by Gasteiger charge is 2.08. The van der Waals surface area contributed by atoms with Crippen LogP contribution in [0.3, 0.4) is 0 Å². The third-order valence-electron chi connectivity index (χ3n) is 0.946. The summed E-state index contributed by atoms with van der Waals surface area (Å²) in [4.78, 5) is 0. The molecular formula is C6H3F2N2. The van der Waals surface area contributed by atoms with E-state index in [4.69, 9.17) is 6.42 Å². The summed E-state index contributed by atoms with van der Waals surface area (Å²) in [6, 6.07) is 1.23. The fraction of sp³-hybridized carbons (Fsp3) is 0.167. The van der Waals surface area contributed by atoms with Crippen LogP contribution >= 0.6 is 0 Å². The Labute approximate surface area is 56.5 Å². The van der Waals surface area contributed by atoms with Gasteiger partial charge in [-0.2, -0.15) is 18.6 Å². The standard InChI is InChI=1S/C6H3F2N2/c1-2-5-3-4-9-10(5)6(7)8/h1,3,6H. The van der Waals surface area contributed by atoms with Gasteiger partial charge in [-0.3, -0.25) is 0 Å². The minimum Gasteiger partial charge on any atom is -0.195 e. The predicted molar refractivity (Wildman–Crippen MR) is 30.3 cm³/mol. The SMILES string of the molecule is C#Cc1c[c]nn1C(F)F. The molecule has 0 aliphatic carbocycles. The number of aromatic nitrogens is 2. The summed E-state index contributed by atoms with van der Waals surface area (Å²) in [6.45, 7) is -2.68. The van der Waals surface area contributed by atoms with E-state index in [0.717, 1.165) is 0 Å². The molecule has 4 heteroatoms. The van der Waals surface area contributed by atoms with Crippen molar-refractivity contribution in [1.29, 1.82) is 0 Å². The van der Waals surface area contributed by atoms with E-state index in [0.29, 0.717) is 4.68 Å². The molecular weight excluding hydrogens is 138 g/mol. The highest BCUT2D eigenvalue weighted by atomic mass is 19.3. The van der Waals surface area contributed by atoms with Crippen LogP contribution < -0.4 is 0 Å². The molecule has 0 spiro atoms. The van der Waals surface area contributed by atoms with Gasteiger partial charge in [-0.15, -0.1) is 6.42 Å². The third-order valence-corrected chi connectivity index (χ3v) is 0.946. The summed E-state index contributed by atoms with van der Waals surface area (Å²) in [5.74, 6) is 2.05. The van der Waals surface area contributed by atoms with E-state index in [1.54, 1.807) is 0 Å². The topological polar surface area (TPSA) is 17.8 Å². The molecule has 0 saturated carbocycles. The number of halogens is 2. The van der Waals surface area contributed by atoms with Crippen LogP contribution in [0.15, 0.2) is 6.07 Å². The quantitative estimate of drug-likeness (QED) is 0.534. The van der Waals surface area contributed by atoms with Gasteiger partial charge < -0.3 is 0 Å². The lowest BCUT2D eigenvalue weighted by molar-refractivity contribution is 0.0556. The Morgan fingerprint density at radius 3 is 2.90 bits per heavy atom. The fourth-order valence-electron chi connectivity index (χ4n) is 0.529. The van der Waals surface area contributed by atoms with Gasteiger partial charge in [0.15, 0.2) is 0 Å². The van der Waals surface area contributed by atoms with Crippen LogP contribution in [0.5, 0.6) is 0 Å². The smallest absolute Gasteiger partial charge is 0.195 e. The van der Waals surface area contributed by atoms with Crippen LogP contribution in [0.25, 0.3) is 0 Å². The maximum Gasteiger partial charge on any atom is 0.334 e. The second kappa shape index (κ2) is 2.48. The molecule has 0 saturated heterocycles. The largest absolute Gasteiger partial charge is 0.334 e. The fourth-order valence-corrected chi connectivity index (χ4v) is 0.529. The van der Waals surface area contributed by atoms with E-state index in [1.807, 2.05) is 5.92 Å². The van der Waals surface area contributed by atoms with Crippen molar-refractivity contribution in [2.24, 2.45) is 0 Å². The minimum atomic E-state index is -2.68. The van der Waals surface area contributed by atoms with Crippen molar-refractivity contribution in [3.05, 3.63) is 18.0 Å². The van der Waals surface area contributed by atoms with Gasteiger partial charge in [0, 0.05) is 6.07 Å². The van der Waals surface area contributed by atoms with E-state index >= 15 is 0 Å². The summed E-state index contributed by atoms with van der Waals surface area (Å²) < 4.78 is 24.1. The Kier molecular flexibility index (Phi) is 1.67. The minimum absolute atomic E-state index is 0.0370. The number of hydrogen-bond acceptors (Lipinski definition) is 1. The molecule has 1 radical (unpaired) electrons. The van der Waals surface area contributed by atoms with E-state index < -0.39 is 6.55 Å². The Balaban J connectivity index is 3.05. The molecule has 0 aliphatic heterocycles. The first kappa shape index (κ1) is 6.75. The van der Waals surface area contributed by atoms with E-state index in [1.165, 1.54) is 6.07 Å². The predicted octanol–water partition coefficient (Wildman–Crippen LogP) is 1.06. The molecule has 1 aromatic rings. The molecule has 0 bridgehead atoms. The van der Waals surface area contributed by atoms with Crippen LogP contribution in [0, 0.1) is 18.5 Å². The number of rotatable bonds is 1. The average molecular weight is 141 g/mol. The normalized spacial score (nSPS) is 9.80. The van der Waals surface area contributed by atoms with Gasteiger partial charge in [-0.05, 0) is 0 Å². The number of hydrogen-bond donors (Lipinski definition) is 0. The molecule has 0 fully saturated rings. The van der Waals surface area contributed by atoms with Gasteiger partial charge in [0.1, 0.15) is 11.9 Å². The molecule has 1 aromatic heterocycles. The molecule has 1 rings (SSSR count). The van der Waals surface area contributed by atoms with Crippen LogP contribution in [0.2, 0.25) is 0 Å². The summed E-state index contributed by atoms with van der Waals surface area (Å²) >= 11 is 0. The van der Waals surface area contributed by atoms with Gasteiger partial charge in [-0.25, -0.2) is 0 Å². The summed E-state index contributed by atoms with van der Waals surface area (Å²) in [5.41, 5.74) is 0.0370. The van der Waals surface area contributed by atoms with Gasteiger partial charge in [0.05, 0.1) is 0 Å². The lowest BCUT2D eigenvalue weighted by atomic mass is 10.4.